The highest BCUT2D eigenvalue weighted by atomic mass is 32.2. The predicted molar refractivity (Wildman–Crippen MR) is 535 cm³/mol. The number of hydrogen-bond acceptors (Lipinski definition) is 15. The SMILES string of the molecule is Cc1ccc(CN(CC(=O)N(Cc2ccc(C3CCCCC3)cc2)c2ccc(C(=O)O)c(O)c2)S(=O)(=O)c2ccc(C)cc2)cc1.Cc1ccc(S(=O)(=O)N(CC(=O)N(Cc2ccc(C3CCCCC3)cc2)c2ccc(C(=O)O)c(O)c2)Cc2cccc(C)c2)cc1.Cc1ccc(S(=O)(=O)N(CC(=O)N(Cc2ccc(C3CCCCC3)cc2)c2ccc(C(=O)O)c(O)c2)Cc2ccccc2C)cc1. The first-order chi connectivity index (χ1) is 66.0. The van der Waals surface area contributed by atoms with Gasteiger partial charge in [0.2, 0.25) is 47.8 Å². The number of amides is 3. The van der Waals surface area contributed by atoms with Gasteiger partial charge in [-0.3, -0.25) is 14.4 Å². The number of aromatic hydroxyl groups is 3. The van der Waals surface area contributed by atoms with E-state index >= 15 is 0 Å². The molecule has 0 spiro atoms. The summed E-state index contributed by atoms with van der Waals surface area (Å²) in [7, 11) is -12.3. The number of anilines is 3. The first kappa shape index (κ1) is 102. The van der Waals surface area contributed by atoms with E-state index in [4.69, 9.17) is 0 Å². The van der Waals surface area contributed by atoms with Crippen molar-refractivity contribution in [3.8, 4) is 17.2 Å². The summed E-state index contributed by atoms with van der Waals surface area (Å²) in [5.74, 6) is -5.38. The molecule has 0 unspecified atom stereocenters. The smallest absolute Gasteiger partial charge is 0.339 e. The van der Waals surface area contributed by atoms with Crippen LogP contribution in [0.3, 0.4) is 0 Å². The highest BCUT2D eigenvalue weighted by Gasteiger charge is 2.36. The summed E-state index contributed by atoms with van der Waals surface area (Å²) in [5.41, 5.74) is 14.0. The summed E-state index contributed by atoms with van der Waals surface area (Å²) in [6.45, 7) is 10.1. The van der Waals surface area contributed by atoms with Crippen molar-refractivity contribution in [2.75, 3.05) is 34.3 Å². The number of benzene rings is 12. The Balaban J connectivity index is 0.000000175. The predicted octanol–water partition coefficient (Wildman–Crippen LogP) is 21.5. The summed E-state index contributed by atoms with van der Waals surface area (Å²) in [6, 6.07) is 78.1. The standard InChI is InChI=1S/3C37H40N2O6S/c1-26-11-18-33(19-12-26)46(44,45)38(23-29-8-6-7-27(2)21-29)25-36(41)39(32-17-20-34(37(42)43)35(40)22-32)24-28-13-15-31(16-14-28)30-9-4-3-5-10-30;1-26-12-19-33(20-13-26)46(44,45)38(24-31-11-7-6-8-27(31)2)25-36(41)39(32-18-21-34(37(42)43)35(40)22-32)23-28-14-16-30(17-15-28)29-9-4-3-5-10-29;1-26-8-12-28(13-9-26)23-38(46(44,45)33-19-10-27(2)11-20-33)25-36(41)39(32-18-21-34(37(42)43)35(40)22-32)24-29-14-16-31(17-15-29)30-6-4-3-5-7-30/h6-8,11-22,30,40H,3-5,9-10,23-25H2,1-2H3,(H,42,43);6-8,11-22,29,40H,3-5,9-10,23-25H2,1-2H3,(H,42,43);8-22,30,40H,3-7,23-25H2,1-2H3,(H,42,43). The van der Waals surface area contributed by atoms with Crippen LogP contribution in [-0.2, 0) is 83.7 Å². The van der Waals surface area contributed by atoms with Crippen molar-refractivity contribution in [2.24, 2.45) is 0 Å². The van der Waals surface area contributed by atoms with Crippen LogP contribution in [0.15, 0.2) is 288 Å². The number of carbonyl (C=O) groups is 6. The minimum Gasteiger partial charge on any atom is -0.507 e. The molecule has 3 aliphatic carbocycles. The van der Waals surface area contributed by atoms with Gasteiger partial charge in [-0.15, -0.1) is 0 Å². The fourth-order valence-corrected chi connectivity index (χ4v) is 22.1. The Morgan fingerprint density at radius 2 is 0.551 bits per heavy atom. The summed E-state index contributed by atoms with van der Waals surface area (Å²) >= 11 is 0. The Morgan fingerprint density at radius 3 is 0.841 bits per heavy atom. The van der Waals surface area contributed by atoms with Gasteiger partial charge >= 0.3 is 17.9 Å². The average Bonchev–Trinajstić information content (AvgIpc) is 0.792. The second kappa shape index (κ2) is 46.6. The van der Waals surface area contributed by atoms with Crippen LogP contribution in [0.2, 0.25) is 0 Å². The number of aromatic carboxylic acids is 3. The number of hydrogen-bond donors (Lipinski definition) is 6. The van der Waals surface area contributed by atoms with Crippen molar-refractivity contribution in [3.05, 3.63) is 373 Å². The third-order valence-electron chi connectivity index (χ3n) is 26.1. The molecule has 3 fully saturated rings. The number of nitrogens with zero attached hydrogens (tertiary/aromatic N) is 6. The van der Waals surface area contributed by atoms with Crippen LogP contribution in [-0.4, -0.2) is 124 Å². The monoisotopic (exact) mass is 1920 g/mol. The molecular formula is C111H120N6O18S3. The molecule has 6 N–H and O–H groups in total. The van der Waals surface area contributed by atoms with E-state index in [1.807, 2.05) is 151 Å². The van der Waals surface area contributed by atoms with E-state index in [0.29, 0.717) is 17.8 Å². The summed E-state index contributed by atoms with van der Waals surface area (Å²) in [4.78, 5) is 81.8. The average molecular weight is 1920 g/mol. The minimum absolute atomic E-state index is 0.0260. The van der Waals surface area contributed by atoms with Crippen molar-refractivity contribution in [2.45, 2.75) is 210 Å². The van der Waals surface area contributed by atoms with E-state index in [1.54, 1.807) is 36.4 Å². The molecule has 0 radical (unpaired) electrons. The molecule has 720 valence electrons. The van der Waals surface area contributed by atoms with Crippen LogP contribution < -0.4 is 14.7 Å². The second-order valence-electron chi connectivity index (χ2n) is 36.3. The Bertz CT molecular complexity index is 6650. The van der Waals surface area contributed by atoms with Crippen LogP contribution in [0.1, 0.15) is 229 Å². The Hall–Kier alpha value is -13.4. The van der Waals surface area contributed by atoms with E-state index in [2.05, 4.69) is 36.4 Å². The van der Waals surface area contributed by atoms with Gasteiger partial charge in [0.1, 0.15) is 33.9 Å². The van der Waals surface area contributed by atoms with Gasteiger partial charge < -0.3 is 45.3 Å². The molecule has 0 aromatic heterocycles. The summed E-state index contributed by atoms with van der Waals surface area (Å²) < 4.78 is 87.5. The van der Waals surface area contributed by atoms with Gasteiger partial charge in [0.25, 0.3) is 0 Å². The Morgan fingerprint density at radius 1 is 0.275 bits per heavy atom. The molecule has 15 rings (SSSR count). The van der Waals surface area contributed by atoms with E-state index in [-0.39, 0.29) is 87.7 Å². The van der Waals surface area contributed by atoms with Crippen molar-refractivity contribution in [1.82, 2.24) is 12.9 Å². The highest BCUT2D eigenvalue weighted by molar-refractivity contribution is 7.89. The number of carboxylic acids is 3. The molecule has 0 saturated heterocycles. The van der Waals surface area contributed by atoms with Gasteiger partial charge in [0.15, 0.2) is 0 Å². The molecular weight excluding hydrogens is 1800 g/mol. The zero-order valence-corrected chi connectivity index (χ0v) is 81.1. The topological polar surface area (TPSA) is 346 Å². The van der Waals surface area contributed by atoms with E-state index in [9.17, 15) is 84.7 Å². The number of carboxylic acid groups (broad SMARTS) is 3. The number of sulfonamides is 3. The fraction of sp³-hybridized carbons (Fsp3) is 0.297. The zero-order valence-electron chi connectivity index (χ0n) is 78.7. The van der Waals surface area contributed by atoms with Crippen LogP contribution in [0.5, 0.6) is 17.2 Å². The fourth-order valence-electron chi connectivity index (χ4n) is 18.0. The van der Waals surface area contributed by atoms with Gasteiger partial charge in [-0.2, -0.15) is 12.9 Å². The second-order valence-corrected chi connectivity index (χ2v) is 42.2. The largest absolute Gasteiger partial charge is 0.507 e. The number of carbonyl (C=O) groups excluding carboxylic acids is 3. The van der Waals surface area contributed by atoms with E-state index < -0.39 is 103 Å². The van der Waals surface area contributed by atoms with E-state index in [1.165, 1.54) is 189 Å². The molecule has 3 saturated carbocycles. The van der Waals surface area contributed by atoms with Crippen molar-refractivity contribution in [1.29, 1.82) is 0 Å². The Labute approximate surface area is 809 Å². The maximum atomic E-state index is 14.2. The normalized spacial score (nSPS) is 13.9. The van der Waals surface area contributed by atoms with Gasteiger partial charge in [0.05, 0.1) is 54.0 Å². The molecule has 12 aromatic carbocycles. The van der Waals surface area contributed by atoms with Gasteiger partial charge in [0, 0.05) is 54.9 Å². The van der Waals surface area contributed by atoms with Gasteiger partial charge in [-0.25, -0.2) is 39.6 Å². The first-order valence-electron chi connectivity index (χ1n) is 46.8. The summed E-state index contributed by atoms with van der Waals surface area (Å²) in [6.07, 6.45) is 18.0. The van der Waals surface area contributed by atoms with Crippen molar-refractivity contribution in [3.63, 3.8) is 0 Å². The van der Waals surface area contributed by atoms with Crippen LogP contribution in [0, 0.1) is 41.5 Å². The molecule has 3 amide bonds. The quantitative estimate of drug-likeness (QED) is 0.0222. The maximum Gasteiger partial charge on any atom is 0.339 e. The number of rotatable bonds is 33. The van der Waals surface area contributed by atoms with Crippen molar-refractivity contribution < 1.29 is 84.7 Å². The molecule has 27 heteroatoms. The Kier molecular flexibility index (Phi) is 34.5. The molecule has 138 heavy (non-hydrogen) atoms. The van der Waals surface area contributed by atoms with E-state index in [0.717, 1.165) is 110 Å². The number of aryl methyl sites for hydroxylation is 6. The molecule has 3 aliphatic rings. The third-order valence-corrected chi connectivity index (χ3v) is 31.5. The lowest BCUT2D eigenvalue weighted by molar-refractivity contribution is -0.119. The van der Waals surface area contributed by atoms with Crippen LogP contribution in [0.4, 0.5) is 17.1 Å². The minimum atomic E-state index is -4.10. The number of phenols is 3. The summed E-state index contributed by atoms with van der Waals surface area (Å²) in [5, 5.41) is 59.9. The molecule has 0 bridgehead atoms. The molecule has 12 aromatic rings. The van der Waals surface area contributed by atoms with Gasteiger partial charge in [-0.05, 0) is 226 Å². The van der Waals surface area contributed by atoms with Crippen LogP contribution >= 0.6 is 0 Å². The highest BCUT2D eigenvalue weighted by Crippen LogP contribution is 2.39. The van der Waals surface area contributed by atoms with Crippen molar-refractivity contribution >= 4 is 82.8 Å². The van der Waals surface area contributed by atoms with Gasteiger partial charge in [-0.1, -0.05) is 268 Å². The lowest BCUT2D eigenvalue weighted by atomic mass is 9.84. The first-order valence-corrected chi connectivity index (χ1v) is 51.1. The van der Waals surface area contributed by atoms with Crippen LogP contribution in [0.25, 0.3) is 0 Å². The lowest BCUT2D eigenvalue weighted by Gasteiger charge is -2.28. The molecule has 0 aliphatic heterocycles. The molecule has 24 nitrogen and oxygen atoms in total. The third kappa shape index (κ3) is 26.7. The zero-order chi connectivity index (χ0) is 98.5. The molecule has 0 heterocycles. The maximum absolute atomic E-state index is 14.2. The lowest BCUT2D eigenvalue weighted by Crippen LogP contribution is -2.42. The molecule has 0 atom stereocenters.